The van der Waals surface area contributed by atoms with Crippen molar-refractivity contribution < 1.29 is 28.9 Å². The fourth-order valence-electron chi connectivity index (χ4n) is 4.94. The Kier molecular flexibility index (Phi) is 20.3. The molecular weight excluding hydrogens is 713 g/mol. The zero-order chi connectivity index (χ0) is 36.8. The van der Waals surface area contributed by atoms with E-state index in [-0.39, 0.29) is 41.5 Å². The second-order valence-corrected chi connectivity index (χ2v) is 15.2. The number of thioether (sulfide) groups is 3. The lowest BCUT2D eigenvalue weighted by Gasteiger charge is -2.27. The molecule has 1 aromatic rings. The number of hydrogen-bond donors (Lipinski definition) is 7. The zero-order valence-corrected chi connectivity index (χ0v) is 31.6. The number of hydrogen-bond acceptors (Lipinski definition) is 14. The van der Waals surface area contributed by atoms with Crippen molar-refractivity contribution in [3.05, 3.63) is 53.3 Å². The summed E-state index contributed by atoms with van der Waals surface area (Å²) in [4.78, 5) is 31.4. The molecule has 14 nitrogen and oxygen atoms in total. The number of carbonyl (C=O) groups excluding carboxylic acids is 2. The van der Waals surface area contributed by atoms with Crippen LogP contribution < -0.4 is 26.8 Å². The van der Waals surface area contributed by atoms with E-state index in [1.54, 1.807) is 24.3 Å². The lowest BCUT2D eigenvalue weighted by molar-refractivity contribution is -0.120. The number of nitrogens with zero attached hydrogens (tertiary/aromatic N) is 2. The molecule has 0 bridgehead atoms. The van der Waals surface area contributed by atoms with Gasteiger partial charge in [-0.05, 0) is 59.7 Å². The molecule has 1 aliphatic carbocycles. The van der Waals surface area contributed by atoms with Crippen LogP contribution in [0.25, 0.3) is 0 Å². The first kappa shape index (κ1) is 42.5. The quantitative estimate of drug-likeness (QED) is 0.0415. The molecule has 17 heteroatoms. The number of aliphatic hydroxyl groups excluding tert-OH is 1. The molecule has 3 rings (SSSR count). The van der Waals surface area contributed by atoms with Gasteiger partial charge in [0.2, 0.25) is 5.91 Å². The maximum absolute atomic E-state index is 12.8. The van der Waals surface area contributed by atoms with Gasteiger partial charge in [0.15, 0.2) is 5.17 Å². The Bertz CT molecular complexity index is 1390. The van der Waals surface area contributed by atoms with Crippen LogP contribution in [0.4, 0.5) is 0 Å². The lowest BCUT2D eigenvalue weighted by atomic mass is 9.90. The third-order valence-corrected chi connectivity index (χ3v) is 10.3. The largest absolute Gasteiger partial charge is 0.493 e. The van der Waals surface area contributed by atoms with Gasteiger partial charge < -0.3 is 41.4 Å². The molecule has 0 aromatic heterocycles. The Balaban J connectivity index is 1.27. The molecular formula is C34H52N8O6S3. The lowest BCUT2D eigenvalue weighted by Crippen LogP contribution is -2.40. The minimum absolute atomic E-state index is 0.0000849. The third-order valence-electron chi connectivity index (χ3n) is 7.61. The highest BCUT2D eigenvalue weighted by Crippen LogP contribution is 2.27. The van der Waals surface area contributed by atoms with E-state index in [9.17, 15) is 9.59 Å². The summed E-state index contributed by atoms with van der Waals surface area (Å²) in [6, 6.07) is 7.17. The molecule has 282 valence electrons. The molecule has 1 aromatic carbocycles. The molecule has 9 N–H and O–H groups in total. The number of amides is 2. The van der Waals surface area contributed by atoms with Gasteiger partial charge in [0.05, 0.1) is 36.3 Å². The molecule has 2 unspecified atom stereocenters. The normalized spacial score (nSPS) is 17.2. The number of aliphatic hydroxyl groups is 1. The number of nitrogens with one attached hydrogen (secondary N) is 4. The highest BCUT2D eigenvalue weighted by atomic mass is 32.2. The van der Waals surface area contributed by atoms with Gasteiger partial charge in [-0.1, -0.05) is 36.4 Å². The molecule has 2 aliphatic rings. The zero-order valence-electron chi connectivity index (χ0n) is 29.2. The van der Waals surface area contributed by atoms with E-state index in [0.29, 0.717) is 55.0 Å². The van der Waals surface area contributed by atoms with Crippen molar-refractivity contribution in [2.45, 2.75) is 38.1 Å². The van der Waals surface area contributed by atoms with E-state index in [4.69, 9.17) is 41.6 Å². The Hall–Kier alpha value is -2.90. The highest BCUT2D eigenvalue weighted by molar-refractivity contribution is 8.27. The van der Waals surface area contributed by atoms with Gasteiger partial charge in [0.1, 0.15) is 30.2 Å². The van der Waals surface area contributed by atoms with Crippen LogP contribution in [-0.2, 0) is 25.5 Å². The Labute approximate surface area is 313 Å². The number of benzene rings is 1. The molecule has 0 spiro atoms. The second kappa shape index (κ2) is 24.4. The number of aliphatic imine (C=N–C) groups is 1. The monoisotopic (exact) mass is 764 g/mol. The summed E-state index contributed by atoms with van der Waals surface area (Å²) >= 11 is 3.48. The summed E-state index contributed by atoms with van der Waals surface area (Å²) in [6.45, 7) is 8.43. The number of carbonyl (C=O) groups is 2. The Morgan fingerprint density at radius 3 is 2.75 bits per heavy atom. The SMILES string of the molecule is CC1CC=C(OCCN2CCOCC2)C=C1CC(=O)NC(N)SC(=N)CCSCC(=N)SC(N)=NC(=O)Cc1cccc(OCCNCCO)c1. The van der Waals surface area contributed by atoms with Crippen LogP contribution in [-0.4, -0.2) is 120 Å². The first-order valence-corrected chi connectivity index (χ1v) is 19.8. The van der Waals surface area contributed by atoms with Crippen molar-refractivity contribution in [2.75, 3.05) is 77.3 Å². The average molecular weight is 765 g/mol. The average Bonchev–Trinajstić information content (AvgIpc) is 3.08. The van der Waals surface area contributed by atoms with Gasteiger partial charge in [-0.2, -0.15) is 16.8 Å². The van der Waals surface area contributed by atoms with Gasteiger partial charge in [-0.15, -0.1) is 0 Å². The van der Waals surface area contributed by atoms with E-state index in [2.05, 4.69) is 33.5 Å². The topological polar surface area (TPSA) is 221 Å². The van der Waals surface area contributed by atoms with Gasteiger partial charge in [-0.25, -0.2) is 0 Å². The predicted molar refractivity (Wildman–Crippen MR) is 209 cm³/mol. The molecule has 0 saturated carbocycles. The standard InChI is InChI=1S/C34H52N8O6S3/c1-24-5-6-28(48-17-12-42-10-15-46-16-11-42)21-26(24)22-32(45)41-33(37)50-29(35)7-18-49-23-30(36)51-34(38)40-31(44)20-25-3-2-4-27(19-25)47-14-9-39-8-13-43/h2-4,6,19,21,24,33,35-36,39,43H,5,7-18,20,22-23,37H2,1H3,(H,41,45)(H2,38,40,44). The molecule has 1 heterocycles. The maximum atomic E-state index is 12.8. The van der Waals surface area contributed by atoms with Gasteiger partial charge in [0, 0.05) is 51.3 Å². The van der Waals surface area contributed by atoms with Crippen molar-refractivity contribution in [3.63, 3.8) is 0 Å². The molecule has 1 saturated heterocycles. The summed E-state index contributed by atoms with van der Waals surface area (Å²) in [5.41, 5.74) is 13.0. The predicted octanol–water partition coefficient (Wildman–Crippen LogP) is 2.52. The molecule has 0 radical (unpaired) electrons. The van der Waals surface area contributed by atoms with Crippen LogP contribution in [0.2, 0.25) is 0 Å². The van der Waals surface area contributed by atoms with Crippen molar-refractivity contribution >= 4 is 62.4 Å². The first-order valence-electron chi connectivity index (χ1n) is 17.0. The van der Waals surface area contributed by atoms with Gasteiger partial charge in [0.25, 0.3) is 5.91 Å². The molecule has 2 amide bonds. The highest BCUT2D eigenvalue weighted by Gasteiger charge is 2.20. The summed E-state index contributed by atoms with van der Waals surface area (Å²) in [5, 5.41) is 31.7. The van der Waals surface area contributed by atoms with E-state index in [1.165, 1.54) is 11.8 Å². The van der Waals surface area contributed by atoms with Crippen molar-refractivity contribution in [3.8, 4) is 5.75 Å². The van der Waals surface area contributed by atoms with E-state index in [0.717, 1.165) is 79.7 Å². The fourth-order valence-corrected chi connectivity index (χ4v) is 7.35. The number of morpholine rings is 1. The summed E-state index contributed by atoms with van der Waals surface area (Å²) in [7, 11) is 0. The van der Waals surface area contributed by atoms with E-state index < -0.39 is 11.4 Å². The first-order chi connectivity index (χ1) is 24.6. The van der Waals surface area contributed by atoms with Crippen LogP contribution in [0.1, 0.15) is 31.7 Å². The Morgan fingerprint density at radius 2 is 1.96 bits per heavy atom. The van der Waals surface area contributed by atoms with Crippen LogP contribution in [0, 0.1) is 16.7 Å². The third kappa shape index (κ3) is 18.4. The molecule has 2 atom stereocenters. The molecule has 51 heavy (non-hydrogen) atoms. The van der Waals surface area contributed by atoms with E-state index >= 15 is 0 Å². The fraction of sp³-hybridized carbons (Fsp3) is 0.559. The van der Waals surface area contributed by atoms with Crippen molar-refractivity contribution in [1.29, 1.82) is 10.8 Å². The second-order valence-electron chi connectivity index (χ2n) is 11.8. The van der Waals surface area contributed by atoms with Crippen LogP contribution in [0.3, 0.4) is 0 Å². The molecule has 1 aliphatic heterocycles. The minimum atomic E-state index is -0.744. The van der Waals surface area contributed by atoms with Gasteiger partial charge >= 0.3 is 0 Å². The summed E-state index contributed by atoms with van der Waals surface area (Å²) in [5.74, 6) is 1.95. The van der Waals surface area contributed by atoms with Crippen LogP contribution in [0.5, 0.6) is 5.75 Å². The summed E-state index contributed by atoms with van der Waals surface area (Å²) < 4.78 is 17.0. The number of rotatable bonds is 21. The van der Waals surface area contributed by atoms with E-state index in [1.807, 2.05) is 6.08 Å². The molecule has 1 fully saturated rings. The van der Waals surface area contributed by atoms with Crippen LogP contribution in [0.15, 0.2) is 52.7 Å². The number of nitrogens with two attached hydrogens (primary N) is 2. The smallest absolute Gasteiger partial charge is 0.252 e. The maximum Gasteiger partial charge on any atom is 0.252 e. The van der Waals surface area contributed by atoms with Gasteiger partial charge in [-0.3, -0.25) is 25.3 Å². The number of amidine groups is 1. The Morgan fingerprint density at radius 1 is 1.16 bits per heavy atom. The number of ether oxygens (including phenoxy) is 3. The van der Waals surface area contributed by atoms with Crippen LogP contribution >= 0.6 is 35.3 Å². The van der Waals surface area contributed by atoms with Crippen molar-refractivity contribution in [2.24, 2.45) is 22.4 Å². The minimum Gasteiger partial charge on any atom is -0.493 e. The number of allylic oxidation sites excluding steroid dienone is 2. The summed E-state index contributed by atoms with van der Waals surface area (Å²) in [6.07, 6.45) is 5.52. The van der Waals surface area contributed by atoms with Crippen molar-refractivity contribution in [1.82, 2.24) is 15.5 Å².